The highest BCUT2D eigenvalue weighted by atomic mass is 16.5. The van der Waals surface area contributed by atoms with Crippen LogP contribution in [0.2, 0.25) is 0 Å². The number of methoxy groups -OCH3 is 1. The van der Waals surface area contributed by atoms with Gasteiger partial charge in [-0.15, -0.1) is 0 Å². The molecule has 1 fully saturated rings. The van der Waals surface area contributed by atoms with Crippen LogP contribution in [0.5, 0.6) is 0 Å². The second-order valence-electron chi connectivity index (χ2n) is 5.42. The topological polar surface area (TPSA) is 51.5 Å². The van der Waals surface area contributed by atoms with Crippen molar-refractivity contribution in [2.75, 3.05) is 51.9 Å². The fraction of sp³-hybridized carbons (Fsp3) is 0.786. The molecule has 1 N–H and O–H groups in total. The molecule has 0 radical (unpaired) electrons. The summed E-state index contributed by atoms with van der Waals surface area (Å²) in [4.78, 5) is 6.83. The van der Waals surface area contributed by atoms with Crippen molar-refractivity contribution in [2.45, 2.75) is 25.9 Å². The normalized spacial score (nSPS) is 19.8. The van der Waals surface area contributed by atoms with Crippen molar-refractivity contribution in [1.29, 1.82) is 0 Å². The molecule has 114 valence electrons. The average Bonchev–Trinajstić information content (AvgIpc) is 2.88. The Bertz CT molecular complexity index is 390. The van der Waals surface area contributed by atoms with Crippen LogP contribution in [0, 0.1) is 0 Å². The van der Waals surface area contributed by atoms with Crippen LogP contribution in [0.1, 0.15) is 19.9 Å². The largest absolute Gasteiger partial charge is 0.383 e. The van der Waals surface area contributed by atoms with Crippen molar-refractivity contribution in [3.05, 3.63) is 12.4 Å². The smallest absolute Gasteiger partial charge is 0.203 e. The quantitative estimate of drug-likeness (QED) is 0.815. The number of rotatable bonds is 7. The predicted octanol–water partition coefficient (Wildman–Crippen LogP) is 1.22. The first-order valence-electron chi connectivity index (χ1n) is 7.29. The lowest BCUT2D eigenvalue weighted by atomic mass is 10.3. The first kappa shape index (κ1) is 15.3. The SMILES string of the molecule is COCC(C)n1ccnc1NC(C)CN1CCOCC1. The van der Waals surface area contributed by atoms with Crippen molar-refractivity contribution in [3.8, 4) is 0 Å². The van der Waals surface area contributed by atoms with Gasteiger partial charge in [0, 0.05) is 45.2 Å². The van der Waals surface area contributed by atoms with E-state index in [-0.39, 0.29) is 6.04 Å². The van der Waals surface area contributed by atoms with E-state index >= 15 is 0 Å². The van der Waals surface area contributed by atoms with Gasteiger partial charge in [0.1, 0.15) is 0 Å². The van der Waals surface area contributed by atoms with Crippen LogP contribution in [-0.2, 0) is 9.47 Å². The number of hydrogen-bond donors (Lipinski definition) is 1. The maximum absolute atomic E-state index is 5.37. The molecule has 0 aliphatic carbocycles. The number of nitrogens with one attached hydrogen (secondary N) is 1. The molecule has 1 aromatic rings. The third-order valence-corrected chi connectivity index (χ3v) is 3.56. The molecule has 6 nitrogen and oxygen atoms in total. The Hall–Kier alpha value is -1.11. The molecule has 1 aliphatic heterocycles. The monoisotopic (exact) mass is 282 g/mol. The second kappa shape index (κ2) is 7.61. The molecule has 20 heavy (non-hydrogen) atoms. The maximum Gasteiger partial charge on any atom is 0.203 e. The highest BCUT2D eigenvalue weighted by Gasteiger charge is 2.16. The third kappa shape index (κ3) is 4.19. The van der Waals surface area contributed by atoms with E-state index in [1.165, 1.54) is 0 Å². The van der Waals surface area contributed by atoms with Crippen LogP contribution in [-0.4, -0.2) is 67.1 Å². The summed E-state index contributed by atoms with van der Waals surface area (Å²) in [6, 6.07) is 0.629. The third-order valence-electron chi connectivity index (χ3n) is 3.56. The van der Waals surface area contributed by atoms with Gasteiger partial charge in [0.05, 0.1) is 25.9 Å². The molecule has 1 aliphatic rings. The summed E-state index contributed by atoms with van der Waals surface area (Å²) in [5.74, 6) is 0.912. The Morgan fingerprint density at radius 3 is 2.85 bits per heavy atom. The molecule has 0 spiro atoms. The summed E-state index contributed by atoms with van der Waals surface area (Å²) in [5, 5.41) is 3.49. The highest BCUT2D eigenvalue weighted by molar-refractivity contribution is 5.28. The van der Waals surface area contributed by atoms with E-state index in [0.29, 0.717) is 12.6 Å². The van der Waals surface area contributed by atoms with Crippen molar-refractivity contribution < 1.29 is 9.47 Å². The van der Waals surface area contributed by atoms with E-state index in [2.05, 4.69) is 33.6 Å². The van der Waals surface area contributed by atoms with Gasteiger partial charge in [-0.2, -0.15) is 0 Å². The Labute approximate surface area is 121 Å². The summed E-state index contributed by atoms with van der Waals surface area (Å²) in [7, 11) is 1.72. The van der Waals surface area contributed by atoms with E-state index in [4.69, 9.17) is 9.47 Å². The molecular formula is C14H26N4O2. The minimum atomic E-state index is 0.278. The van der Waals surface area contributed by atoms with Crippen molar-refractivity contribution in [1.82, 2.24) is 14.5 Å². The minimum Gasteiger partial charge on any atom is -0.383 e. The summed E-state index contributed by atoms with van der Waals surface area (Å²) in [6.07, 6.45) is 3.82. The number of morpholine rings is 1. The molecule has 1 aromatic heterocycles. The first-order valence-corrected chi connectivity index (χ1v) is 7.29. The molecule has 2 rings (SSSR count). The van der Waals surface area contributed by atoms with Gasteiger partial charge >= 0.3 is 0 Å². The summed E-state index contributed by atoms with van der Waals surface area (Å²) < 4.78 is 12.7. The molecule has 2 unspecified atom stereocenters. The number of anilines is 1. The van der Waals surface area contributed by atoms with Crippen LogP contribution in [0.25, 0.3) is 0 Å². The zero-order valence-corrected chi connectivity index (χ0v) is 12.7. The Morgan fingerprint density at radius 2 is 2.15 bits per heavy atom. The lowest BCUT2D eigenvalue weighted by Gasteiger charge is -2.29. The van der Waals surface area contributed by atoms with Crippen LogP contribution in [0.15, 0.2) is 12.4 Å². The van der Waals surface area contributed by atoms with Crippen molar-refractivity contribution in [3.63, 3.8) is 0 Å². The standard InChI is InChI=1S/C14H26N4O2/c1-12(10-17-6-8-20-9-7-17)16-14-15-4-5-18(14)13(2)11-19-3/h4-5,12-13H,6-11H2,1-3H3,(H,15,16). The van der Waals surface area contributed by atoms with Gasteiger partial charge in [0.15, 0.2) is 0 Å². The molecule has 0 amide bonds. The van der Waals surface area contributed by atoms with Gasteiger partial charge in [-0.1, -0.05) is 0 Å². The molecule has 0 saturated carbocycles. The second-order valence-corrected chi connectivity index (χ2v) is 5.42. The van der Waals surface area contributed by atoms with E-state index in [1.807, 2.05) is 12.4 Å². The van der Waals surface area contributed by atoms with E-state index in [0.717, 1.165) is 38.8 Å². The van der Waals surface area contributed by atoms with Gasteiger partial charge in [0.25, 0.3) is 0 Å². The lowest BCUT2D eigenvalue weighted by Crippen LogP contribution is -2.42. The molecule has 2 heterocycles. The van der Waals surface area contributed by atoms with Crippen LogP contribution >= 0.6 is 0 Å². The van der Waals surface area contributed by atoms with Crippen LogP contribution < -0.4 is 5.32 Å². The molecule has 0 aromatic carbocycles. The Balaban J connectivity index is 1.87. The predicted molar refractivity (Wildman–Crippen MR) is 79.2 cm³/mol. The molecular weight excluding hydrogens is 256 g/mol. The zero-order chi connectivity index (χ0) is 14.4. The van der Waals surface area contributed by atoms with Crippen molar-refractivity contribution in [2.24, 2.45) is 0 Å². The fourth-order valence-electron chi connectivity index (χ4n) is 2.54. The average molecular weight is 282 g/mol. The Kier molecular flexibility index (Phi) is 5.82. The molecule has 0 bridgehead atoms. The molecule has 1 saturated heterocycles. The van der Waals surface area contributed by atoms with Gasteiger partial charge in [-0.3, -0.25) is 4.90 Å². The van der Waals surface area contributed by atoms with Gasteiger partial charge < -0.3 is 19.4 Å². The van der Waals surface area contributed by atoms with Gasteiger partial charge in [-0.05, 0) is 13.8 Å². The zero-order valence-electron chi connectivity index (χ0n) is 12.7. The molecule has 2 atom stereocenters. The van der Waals surface area contributed by atoms with E-state index < -0.39 is 0 Å². The molecule has 6 heteroatoms. The number of aromatic nitrogens is 2. The van der Waals surface area contributed by atoms with E-state index in [1.54, 1.807) is 7.11 Å². The number of ether oxygens (including phenoxy) is 2. The number of imidazole rings is 1. The Morgan fingerprint density at radius 1 is 1.40 bits per heavy atom. The summed E-state index contributed by atoms with van der Waals surface area (Å²) in [6.45, 7) is 9.72. The van der Waals surface area contributed by atoms with Gasteiger partial charge in [-0.25, -0.2) is 4.98 Å². The highest BCUT2D eigenvalue weighted by Crippen LogP contribution is 2.14. The summed E-state index contributed by atoms with van der Waals surface area (Å²) in [5.41, 5.74) is 0. The lowest BCUT2D eigenvalue weighted by molar-refractivity contribution is 0.0367. The minimum absolute atomic E-state index is 0.278. The van der Waals surface area contributed by atoms with E-state index in [9.17, 15) is 0 Å². The van der Waals surface area contributed by atoms with Crippen LogP contribution in [0.3, 0.4) is 0 Å². The van der Waals surface area contributed by atoms with Gasteiger partial charge in [0.2, 0.25) is 5.95 Å². The number of nitrogens with zero attached hydrogens (tertiary/aromatic N) is 3. The fourth-order valence-corrected chi connectivity index (χ4v) is 2.54. The van der Waals surface area contributed by atoms with Crippen molar-refractivity contribution >= 4 is 5.95 Å². The number of hydrogen-bond acceptors (Lipinski definition) is 5. The summed E-state index contributed by atoms with van der Waals surface area (Å²) >= 11 is 0. The maximum atomic E-state index is 5.37. The first-order chi connectivity index (χ1) is 9.70. The van der Waals surface area contributed by atoms with Crippen LogP contribution in [0.4, 0.5) is 5.95 Å².